The Bertz CT molecular complexity index is 1300. The number of benzene rings is 3. The number of hydrogen-bond donors (Lipinski definition) is 1. The molecule has 0 saturated heterocycles. The number of hydrogen-bond acceptors (Lipinski definition) is 5. The number of ether oxygens (including phenoxy) is 1. The fraction of sp³-hybridized carbons (Fsp3) is 0.0435. The lowest BCUT2D eigenvalue weighted by molar-refractivity contribution is 0.0950. The minimum Gasteiger partial charge on any atom is -0.497 e. The summed E-state index contributed by atoms with van der Waals surface area (Å²) in [6, 6.07) is 23.1. The Kier molecular flexibility index (Phi) is 5.34. The summed E-state index contributed by atoms with van der Waals surface area (Å²) >= 11 is 0. The topological polar surface area (TPSA) is 85.6 Å². The molecule has 3 aromatic carbocycles. The lowest BCUT2D eigenvalue weighted by Crippen LogP contribution is -2.28. The van der Waals surface area contributed by atoms with E-state index in [2.05, 4.69) is 15.6 Å². The standard InChI is InChI=1S/C23H18N4O3/c1-30-18-11-7-8-16(14-18)15-24-25-22(28)21-19-12-5-6-13-20(19)23(29)27(26-21)17-9-3-2-4-10-17/h2-15H,1H3,(H,25,28)/b24-15-. The molecule has 0 bridgehead atoms. The second kappa shape index (κ2) is 8.40. The van der Waals surface area contributed by atoms with E-state index in [9.17, 15) is 9.59 Å². The molecule has 1 N–H and O–H groups in total. The zero-order chi connectivity index (χ0) is 20.9. The molecule has 0 aliphatic heterocycles. The molecule has 7 heteroatoms. The van der Waals surface area contributed by atoms with Crippen LogP contribution < -0.4 is 15.7 Å². The maximum atomic E-state index is 12.9. The first kappa shape index (κ1) is 19.1. The number of amides is 1. The molecule has 0 saturated carbocycles. The first-order valence-electron chi connectivity index (χ1n) is 9.22. The molecule has 0 fully saturated rings. The molecular weight excluding hydrogens is 380 g/mol. The molecule has 0 spiro atoms. The fourth-order valence-electron chi connectivity index (χ4n) is 3.04. The van der Waals surface area contributed by atoms with Crippen LogP contribution >= 0.6 is 0 Å². The van der Waals surface area contributed by atoms with Gasteiger partial charge in [0.05, 0.1) is 24.4 Å². The van der Waals surface area contributed by atoms with Crippen LogP contribution in [-0.2, 0) is 0 Å². The largest absolute Gasteiger partial charge is 0.497 e. The van der Waals surface area contributed by atoms with E-state index in [1.165, 1.54) is 10.9 Å². The number of hydrazone groups is 1. The molecule has 0 aliphatic rings. The van der Waals surface area contributed by atoms with Crippen molar-refractivity contribution in [2.75, 3.05) is 7.11 Å². The lowest BCUT2D eigenvalue weighted by Gasteiger charge is -2.10. The minimum absolute atomic E-state index is 0.108. The molecule has 4 aromatic rings. The predicted octanol–water partition coefficient (Wildman–Crippen LogP) is 3.16. The van der Waals surface area contributed by atoms with E-state index >= 15 is 0 Å². The van der Waals surface area contributed by atoms with E-state index in [0.29, 0.717) is 22.2 Å². The smallest absolute Gasteiger partial charge is 0.292 e. The van der Waals surface area contributed by atoms with Crippen molar-refractivity contribution >= 4 is 22.9 Å². The maximum Gasteiger partial charge on any atom is 0.292 e. The second-order valence-corrected chi connectivity index (χ2v) is 6.42. The molecular formula is C23H18N4O3. The molecule has 1 aromatic heterocycles. The summed E-state index contributed by atoms with van der Waals surface area (Å²) in [6.07, 6.45) is 1.51. The van der Waals surface area contributed by atoms with Gasteiger partial charge in [-0.1, -0.05) is 48.5 Å². The Hall–Kier alpha value is -4.26. The van der Waals surface area contributed by atoms with Crippen molar-refractivity contribution in [3.8, 4) is 11.4 Å². The molecule has 4 rings (SSSR count). The normalized spacial score (nSPS) is 11.0. The quantitative estimate of drug-likeness (QED) is 0.413. The number of nitrogens with zero attached hydrogens (tertiary/aromatic N) is 3. The maximum absolute atomic E-state index is 12.9. The highest BCUT2D eigenvalue weighted by Gasteiger charge is 2.17. The van der Waals surface area contributed by atoms with Crippen LogP contribution in [-0.4, -0.2) is 29.0 Å². The first-order chi connectivity index (χ1) is 14.7. The molecule has 0 aliphatic carbocycles. The molecule has 1 heterocycles. The molecule has 148 valence electrons. The lowest BCUT2D eigenvalue weighted by atomic mass is 10.1. The van der Waals surface area contributed by atoms with Crippen LogP contribution in [0.4, 0.5) is 0 Å². The summed E-state index contributed by atoms with van der Waals surface area (Å²) in [5, 5.41) is 9.20. The van der Waals surface area contributed by atoms with E-state index < -0.39 is 5.91 Å². The minimum atomic E-state index is -0.518. The van der Waals surface area contributed by atoms with Gasteiger partial charge in [-0.2, -0.15) is 14.9 Å². The number of fused-ring (bicyclic) bond motifs is 1. The highest BCUT2D eigenvalue weighted by Crippen LogP contribution is 2.15. The van der Waals surface area contributed by atoms with Crippen molar-refractivity contribution in [3.05, 3.63) is 100 Å². The van der Waals surface area contributed by atoms with Gasteiger partial charge in [0.2, 0.25) is 0 Å². The van der Waals surface area contributed by atoms with Gasteiger partial charge in [0, 0.05) is 5.39 Å². The second-order valence-electron chi connectivity index (χ2n) is 6.42. The van der Waals surface area contributed by atoms with Crippen molar-refractivity contribution in [3.63, 3.8) is 0 Å². The number of methoxy groups -OCH3 is 1. The molecule has 0 radical (unpaired) electrons. The van der Waals surface area contributed by atoms with Gasteiger partial charge in [-0.3, -0.25) is 9.59 Å². The Morgan fingerprint density at radius 3 is 2.50 bits per heavy atom. The number of para-hydroxylation sites is 1. The molecule has 7 nitrogen and oxygen atoms in total. The van der Waals surface area contributed by atoms with Crippen molar-refractivity contribution < 1.29 is 9.53 Å². The van der Waals surface area contributed by atoms with Gasteiger partial charge in [0.1, 0.15) is 5.75 Å². The van der Waals surface area contributed by atoms with Gasteiger partial charge in [-0.05, 0) is 35.9 Å². The SMILES string of the molecule is COc1cccc(/C=N\NC(=O)c2nn(-c3ccccc3)c(=O)c3ccccc23)c1. The van der Waals surface area contributed by atoms with Crippen molar-refractivity contribution in [2.45, 2.75) is 0 Å². The van der Waals surface area contributed by atoms with Crippen LogP contribution in [0.15, 0.2) is 88.8 Å². The highest BCUT2D eigenvalue weighted by atomic mass is 16.5. The van der Waals surface area contributed by atoms with Gasteiger partial charge >= 0.3 is 0 Å². The average Bonchev–Trinajstić information content (AvgIpc) is 2.80. The zero-order valence-corrected chi connectivity index (χ0v) is 16.1. The van der Waals surface area contributed by atoms with Gasteiger partial charge in [-0.15, -0.1) is 0 Å². The number of carbonyl (C=O) groups is 1. The molecule has 0 unspecified atom stereocenters. The summed E-state index contributed by atoms with van der Waals surface area (Å²) in [5.74, 6) is 0.169. The number of nitrogens with one attached hydrogen (secondary N) is 1. The van der Waals surface area contributed by atoms with Crippen LogP contribution in [0.25, 0.3) is 16.5 Å². The zero-order valence-electron chi connectivity index (χ0n) is 16.1. The Balaban J connectivity index is 1.70. The number of rotatable bonds is 5. The number of carbonyl (C=O) groups excluding carboxylic acids is 1. The van der Waals surface area contributed by atoms with Gasteiger partial charge < -0.3 is 4.74 Å². The third-order valence-corrected chi connectivity index (χ3v) is 4.49. The third kappa shape index (κ3) is 3.81. The van der Waals surface area contributed by atoms with E-state index in [1.54, 1.807) is 61.7 Å². The summed E-state index contributed by atoms with van der Waals surface area (Å²) in [6.45, 7) is 0. The summed E-state index contributed by atoms with van der Waals surface area (Å²) < 4.78 is 6.40. The van der Waals surface area contributed by atoms with E-state index in [0.717, 1.165) is 5.56 Å². The van der Waals surface area contributed by atoms with Gasteiger partial charge in [0.15, 0.2) is 5.69 Å². The molecule has 1 amide bonds. The molecule has 30 heavy (non-hydrogen) atoms. The highest BCUT2D eigenvalue weighted by molar-refractivity contribution is 6.05. The van der Waals surface area contributed by atoms with Crippen LogP contribution in [0.3, 0.4) is 0 Å². The van der Waals surface area contributed by atoms with Crippen molar-refractivity contribution in [1.82, 2.24) is 15.2 Å². The van der Waals surface area contributed by atoms with Crippen molar-refractivity contribution in [2.24, 2.45) is 5.10 Å². The number of aromatic nitrogens is 2. The van der Waals surface area contributed by atoms with Crippen LogP contribution in [0.5, 0.6) is 5.75 Å². The van der Waals surface area contributed by atoms with Crippen LogP contribution in [0, 0.1) is 0 Å². The van der Waals surface area contributed by atoms with Gasteiger partial charge in [-0.25, -0.2) is 5.43 Å². The molecule has 0 atom stereocenters. The van der Waals surface area contributed by atoms with E-state index in [1.807, 2.05) is 24.3 Å². The van der Waals surface area contributed by atoms with E-state index in [-0.39, 0.29) is 11.3 Å². The van der Waals surface area contributed by atoms with Crippen LogP contribution in [0.1, 0.15) is 16.1 Å². The Morgan fingerprint density at radius 1 is 1.00 bits per heavy atom. The summed E-state index contributed by atoms with van der Waals surface area (Å²) in [7, 11) is 1.58. The van der Waals surface area contributed by atoms with Gasteiger partial charge in [0.25, 0.3) is 11.5 Å². The third-order valence-electron chi connectivity index (χ3n) is 4.49. The summed E-state index contributed by atoms with van der Waals surface area (Å²) in [4.78, 5) is 25.7. The Labute approximate surface area is 172 Å². The first-order valence-corrected chi connectivity index (χ1v) is 9.22. The van der Waals surface area contributed by atoms with E-state index in [4.69, 9.17) is 4.74 Å². The predicted molar refractivity (Wildman–Crippen MR) is 115 cm³/mol. The van der Waals surface area contributed by atoms with Crippen LogP contribution in [0.2, 0.25) is 0 Å². The monoisotopic (exact) mass is 398 g/mol. The van der Waals surface area contributed by atoms with Crippen molar-refractivity contribution in [1.29, 1.82) is 0 Å². The summed E-state index contributed by atoms with van der Waals surface area (Å²) in [5.41, 5.74) is 3.63. The Morgan fingerprint density at radius 2 is 1.73 bits per heavy atom. The fourth-order valence-corrected chi connectivity index (χ4v) is 3.04. The average molecular weight is 398 g/mol.